The SMILES string of the molecule is CCOC(=O)C[C@@H](c1ccc([N+](=O)[O-])cc1)[C@H](NC(=O)[C@@H](Cc1ccccc1)NC(C)=O)C(=O)O. The highest BCUT2D eigenvalue weighted by Crippen LogP contribution is 2.27. The zero-order chi connectivity index (χ0) is 26.0. The van der Waals surface area contributed by atoms with Crippen LogP contribution in [0, 0.1) is 10.1 Å². The number of hydrogen-bond donors (Lipinski definition) is 3. The summed E-state index contributed by atoms with van der Waals surface area (Å²) in [6.07, 6.45) is -0.287. The fourth-order valence-corrected chi connectivity index (χ4v) is 3.56. The molecule has 11 nitrogen and oxygen atoms in total. The number of ether oxygens (including phenoxy) is 1. The van der Waals surface area contributed by atoms with E-state index in [4.69, 9.17) is 4.74 Å². The number of carboxylic acid groups (broad SMARTS) is 1. The Kier molecular flexibility index (Phi) is 9.88. The molecule has 2 rings (SSSR count). The first kappa shape index (κ1) is 27.0. The van der Waals surface area contributed by atoms with Gasteiger partial charge in [0.2, 0.25) is 11.8 Å². The van der Waals surface area contributed by atoms with Crippen molar-refractivity contribution in [1.29, 1.82) is 0 Å². The molecule has 2 amide bonds. The Hall–Kier alpha value is -4.28. The Morgan fingerprint density at radius 3 is 2.17 bits per heavy atom. The third-order valence-electron chi connectivity index (χ3n) is 5.17. The molecule has 0 unspecified atom stereocenters. The van der Waals surface area contributed by atoms with Gasteiger partial charge in [0.05, 0.1) is 18.0 Å². The summed E-state index contributed by atoms with van der Waals surface area (Å²) in [7, 11) is 0. The van der Waals surface area contributed by atoms with Crippen LogP contribution in [0.4, 0.5) is 5.69 Å². The maximum atomic E-state index is 13.1. The molecule has 0 aliphatic rings. The monoisotopic (exact) mass is 485 g/mol. The van der Waals surface area contributed by atoms with E-state index in [1.807, 2.05) is 0 Å². The number of hydrogen-bond acceptors (Lipinski definition) is 7. The summed E-state index contributed by atoms with van der Waals surface area (Å²) < 4.78 is 4.96. The first-order valence-corrected chi connectivity index (χ1v) is 10.9. The number of carboxylic acids is 1. The minimum atomic E-state index is -1.58. The molecule has 0 spiro atoms. The Morgan fingerprint density at radius 1 is 1.03 bits per heavy atom. The molecule has 186 valence electrons. The number of aliphatic carboxylic acids is 1. The molecule has 0 saturated heterocycles. The van der Waals surface area contributed by atoms with Crippen LogP contribution in [0.2, 0.25) is 0 Å². The second-order valence-electron chi connectivity index (χ2n) is 7.73. The van der Waals surface area contributed by atoms with Crippen LogP contribution in [0.25, 0.3) is 0 Å². The highest BCUT2D eigenvalue weighted by Gasteiger charge is 2.35. The minimum absolute atomic E-state index is 0.0671. The van der Waals surface area contributed by atoms with E-state index in [2.05, 4.69) is 10.6 Å². The molecule has 0 aliphatic heterocycles. The average Bonchev–Trinajstić information content (AvgIpc) is 2.81. The third kappa shape index (κ3) is 8.22. The van der Waals surface area contributed by atoms with Crippen molar-refractivity contribution in [2.75, 3.05) is 6.61 Å². The van der Waals surface area contributed by atoms with E-state index in [9.17, 15) is 34.4 Å². The van der Waals surface area contributed by atoms with Gasteiger partial charge in [-0.2, -0.15) is 0 Å². The first-order chi connectivity index (χ1) is 16.6. The van der Waals surface area contributed by atoms with Crippen molar-refractivity contribution < 1.29 is 33.9 Å². The summed E-state index contributed by atoms with van der Waals surface area (Å²) in [6.45, 7) is 2.90. The summed E-state index contributed by atoms with van der Waals surface area (Å²) in [5.74, 6) is -4.45. The molecule has 0 fully saturated rings. The van der Waals surface area contributed by atoms with Crippen molar-refractivity contribution in [1.82, 2.24) is 10.6 Å². The second-order valence-corrected chi connectivity index (χ2v) is 7.73. The predicted molar refractivity (Wildman–Crippen MR) is 124 cm³/mol. The van der Waals surface area contributed by atoms with E-state index >= 15 is 0 Å². The number of nitrogens with zero attached hydrogens (tertiary/aromatic N) is 1. The van der Waals surface area contributed by atoms with Crippen LogP contribution in [0.3, 0.4) is 0 Å². The summed E-state index contributed by atoms with van der Waals surface area (Å²) >= 11 is 0. The third-order valence-corrected chi connectivity index (χ3v) is 5.17. The fourth-order valence-electron chi connectivity index (χ4n) is 3.56. The number of esters is 1. The standard InChI is InChI=1S/C24H27N3O8/c1-3-35-21(29)14-19(17-9-11-18(12-10-17)27(33)34)22(24(31)32)26-23(30)20(25-15(2)28)13-16-7-5-4-6-8-16/h4-12,19-20,22H,3,13-14H2,1-2H3,(H,25,28)(H,26,30)(H,31,32)/t19-,20+,22-/m0/s1. The number of carbonyl (C=O) groups is 4. The quantitative estimate of drug-likeness (QED) is 0.233. The molecule has 3 N–H and O–H groups in total. The largest absolute Gasteiger partial charge is 0.480 e. The summed E-state index contributed by atoms with van der Waals surface area (Å²) in [5, 5.41) is 25.9. The molecule has 35 heavy (non-hydrogen) atoms. The Bertz CT molecular complexity index is 1060. The van der Waals surface area contributed by atoms with Crippen LogP contribution < -0.4 is 10.6 Å². The molecule has 0 radical (unpaired) electrons. The van der Waals surface area contributed by atoms with Gasteiger partial charge in [-0.25, -0.2) is 4.79 Å². The minimum Gasteiger partial charge on any atom is -0.480 e. The van der Waals surface area contributed by atoms with Crippen molar-refractivity contribution >= 4 is 29.4 Å². The number of nitro groups is 1. The van der Waals surface area contributed by atoms with Crippen LogP contribution in [0.5, 0.6) is 0 Å². The van der Waals surface area contributed by atoms with E-state index in [1.165, 1.54) is 31.2 Å². The van der Waals surface area contributed by atoms with Gasteiger partial charge in [0.25, 0.3) is 5.69 Å². The van der Waals surface area contributed by atoms with Crippen LogP contribution in [-0.4, -0.2) is 52.5 Å². The van der Waals surface area contributed by atoms with Gasteiger partial charge in [0, 0.05) is 31.4 Å². The highest BCUT2D eigenvalue weighted by atomic mass is 16.6. The number of rotatable bonds is 12. The molecule has 0 bridgehead atoms. The maximum absolute atomic E-state index is 13.1. The lowest BCUT2D eigenvalue weighted by Gasteiger charge is -2.27. The zero-order valence-corrected chi connectivity index (χ0v) is 19.3. The highest BCUT2D eigenvalue weighted by molar-refractivity contribution is 5.91. The number of carbonyl (C=O) groups excluding carboxylic acids is 3. The van der Waals surface area contributed by atoms with Crippen molar-refractivity contribution in [3.63, 3.8) is 0 Å². The molecule has 11 heteroatoms. The maximum Gasteiger partial charge on any atom is 0.326 e. The average molecular weight is 485 g/mol. The molecule has 0 heterocycles. The molecule has 3 atom stereocenters. The number of nitrogens with one attached hydrogen (secondary N) is 2. The van der Waals surface area contributed by atoms with Crippen molar-refractivity contribution in [3.05, 3.63) is 75.8 Å². The van der Waals surface area contributed by atoms with Gasteiger partial charge in [-0.15, -0.1) is 0 Å². The molecule has 0 aliphatic carbocycles. The van der Waals surface area contributed by atoms with Crippen molar-refractivity contribution in [2.24, 2.45) is 0 Å². The Balaban J connectivity index is 2.36. The van der Waals surface area contributed by atoms with Crippen molar-refractivity contribution in [2.45, 2.75) is 44.7 Å². The fraction of sp³-hybridized carbons (Fsp3) is 0.333. The zero-order valence-electron chi connectivity index (χ0n) is 19.3. The number of nitro benzene ring substituents is 1. The topological polar surface area (TPSA) is 165 Å². The van der Waals surface area contributed by atoms with Gasteiger partial charge in [-0.3, -0.25) is 24.5 Å². The molecule has 0 aromatic heterocycles. The Labute approximate surface area is 201 Å². The van der Waals surface area contributed by atoms with Gasteiger partial charge in [0.15, 0.2) is 0 Å². The van der Waals surface area contributed by atoms with E-state index < -0.39 is 53.1 Å². The van der Waals surface area contributed by atoms with Gasteiger partial charge in [0.1, 0.15) is 12.1 Å². The lowest BCUT2D eigenvalue weighted by atomic mass is 9.88. The molecule has 2 aromatic carbocycles. The summed E-state index contributed by atoms with van der Waals surface area (Å²) in [4.78, 5) is 59.6. The normalized spacial score (nSPS) is 13.1. The van der Waals surface area contributed by atoms with Gasteiger partial charge in [-0.1, -0.05) is 42.5 Å². The van der Waals surface area contributed by atoms with Crippen LogP contribution >= 0.6 is 0 Å². The lowest BCUT2D eigenvalue weighted by molar-refractivity contribution is -0.384. The van der Waals surface area contributed by atoms with Gasteiger partial charge in [-0.05, 0) is 18.1 Å². The van der Waals surface area contributed by atoms with E-state index in [1.54, 1.807) is 37.3 Å². The lowest BCUT2D eigenvalue weighted by Crippen LogP contribution is -2.54. The molecule has 2 aromatic rings. The number of amides is 2. The van der Waals surface area contributed by atoms with Gasteiger partial charge >= 0.3 is 11.9 Å². The smallest absolute Gasteiger partial charge is 0.326 e. The van der Waals surface area contributed by atoms with Crippen molar-refractivity contribution in [3.8, 4) is 0 Å². The second kappa shape index (κ2) is 12.8. The van der Waals surface area contributed by atoms with Gasteiger partial charge < -0.3 is 20.5 Å². The van der Waals surface area contributed by atoms with E-state index in [0.717, 1.165) is 5.56 Å². The molecule has 0 saturated carbocycles. The molecular weight excluding hydrogens is 458 g/mol. The van der Waals surface area contributed by atoms with Crippen LogP contribution in [0.15, 0.2) is 54.6 Å². The van der Waals surface area contributed by atoms with E-state index in [-0.39, 0.29) is 24.3 Å². The number of benzene rings is 2. The summed E-state index contributed by atoms with van der Waals surface area (Å²) in [6, 6.07) is 11.2. The molecular formula is C24H27N3O8. The number of non-ortho nitro benzene ring substituents is 1. The van der Waals surface area contributed by atoms with Crippen LogP contribution in [0.1, 0.15) is 37.3 Å². The van der Waals surface area contributed by atoms with E-state index in [0.29, 0.717) is 0 Å². The first-order valence-electron chi connectivity index (χ1n) is 10.9. The van der Waals surface area contributed by atoms with Crippen LogP contribution in [-0.2, 0) is 30.3 Å². The predicted octanol–water partition coefficient (Wildman–Crippen LogP) is 1.95. The summed E-state index contributed by atoms with van der Waals surface area (Å²) in [5.41, 5.74) is 0.815. The Morgan fingerprint density at radius 2 is 1.66 bits per heavy atom.